The molecule has 0 N–H and O–H groups in total. The number of benzene rings is 2. The Hall–Kier alpha value is -2.42. The monoisotopic (exact) mass is 277 g/mol. The molecule has 0 aromatic heterocycles. The second-order valence-electron chi connectivity index (χ2n) is 5.76. The number of carbonyl (C=O) groups excluding carboxylic acids is 1. The zero-order valence-corrected chi connectivity index (χ0v) is 11.7. The van der Waals surface area contributed by atoms with Gasteiger partial charge in [0.15, 0.2) is 5.54 Å². The third-order valence-corrected chi connectivity index (χ3v) is 4.28. The summed E-state index contributed by atoms with van der Waals surface area (Å²) in [4.78, 5) is 16.9. The van der Waals surface area contributed by atoms with Crippen LogP contribution in [0.3, 0.4) is 0 Å². The standard InChI is InChI=1S/C18H15NO2/c1-12-7-9-13(10-8-12)15-11-18(15)17(20)21-16(19-18)14-5-3-2-4-6-14/h2-10,15H,11H2,1H3/t15-,18-/m1/s1. The van der Waals surface area contributed by atoms with Crippen molar-refractivity contribution in [3.05, 3.63) is 71.3 Å². The number of aryl methyl sites for hydroxylation is 1. The first-order valence-corrected chi connectivity index (χ1v) is 7.13. The van der Waals surface area contributed by atoms with Crippen LogP contribution in [0.1, 0.15) is 29.0 Å². The fraction of sp³-hybridized carbons (Fsp3) is 0.222. The van der Waals surface area contributed by atoms with E-state index in [1.54, 1.807) is 0 Å². The summed E-state index contributed by atoms with van der Waals surface area (Å²) in [6.45, 7) is 2.06. The molecule has 1 aliphatic carbocycles. The first kappa shape index (κ1) is 12.3. The summed E-state index contributed by atoms with van der Waals surface area (Å²) < 4.78 is 5.41. The fourth-order valence-electron chi connectivity index (χ4n) is 2.92. The molecule has 0 saturated heterocycles. The highest BCUT2D eigenvalue weighted by Crippen LogP contribution is 2.57. The maximum absolute atomic E-state index is 12.3. The molecule has 1 aliphatic heterocycles. The Kier molecular flexibility index (Phi) is 2.52. The van der Waals surface area contributed by atoms with Crippen LogP contribution in [0.25, 0.3) is 0 Å². The van der Waals surface area contributed by atoms with Crippen molar-refractivity contribution in [2.45, 2.75) is 24.8 Å². The second kappa shape index (κ2) is 4.29. The molecule has 1 heterocycles. The molecule has 0 bridgehead atoms. The van der Waals surface area contributed by atoms with Gasteiger partial charge in [0.05, 0.1) is 0 Å². The van der Waals surface area contributed by atoms with Crippen molar-refractivity contribution < 1.29 is 9.53 Å². The average molecular weight is 277 g/mol. The Balaban J connectivity index is 1.66. The molecule has 2 aliphatic rings. The highest BCUT2D eigenvalue weighted by molar-refractivity contribution is 6.09. The zero-order valence-electron chi connectivity index (χ0n) is 11.7. The van der Waals surface area contributed by atoms with Gasteiger partial charge in [-0.15, -0.1) is 0 Å². The Bertz CT molecular complexity index is 734. The van der Waals surface area contributed by atoms with Crippen molar-refractivity contribution in [3.8, 4) is 0 Å². The summed E-state index contributed by atoms with van der Waals surface area (Å²) in [6.07, 6.45) is 0.741. The predicted molar refractivity (Wildman–Crippen MR) is 80.3 cm³/mol. The van der Waals surface area contributed by atoms with Crippen molar-refractivity contribution >= 4 is 11.9 Å². The van der Waals surface area contributed by atoms with Gasteiger partial charge in [-0.25, -0.2) is 9.79 Å². The van der Waals surface area contributed by atoms with Gasteiger partial charge in [0.1, 0.15) is 0 Å². The van der Waals surface area contributed by atoms with E-state index in [1.165, 1.54) is 5.56 Å². The van der Waals surface area contributed by atoms with Crippen LogP contribution in [0.2, 0.25) is 0 Å². The van der Waals surface area contributed by atoms with E-state index in [1.807, 2.05) is 30.3 Å². The lowest BCUT2D eigenvalue weighted by Gasteiger charge is -2.03. The number of cyclic esters (lactones) is 1. The van der Waals surface area contributed by atoms with E-state index in [9.17, 15) is 4.79 Å². The van der Waals surface area contributed by atoms with E-state index < -0.39 is 5.54 Å². The number of aliphatic imine (C=N–C) groups is 1. The van der Waals surface area contributed by atoms with Gasteiger partial charge < -0.3 is 4.74 Å². The molecule has 2 aromatic carbocycles. The lowest BCUT2D eigenvalue weighted by molar-refractivity contribution is -0.136. The van der Waals surface area contributed by atoms with E-state index in [0.717, 1.165) is 17.5 Å². The van der Waals surface area contributed by atoms with Crippen molar-refractivity contribution in [1.29, 1.82) is 0 Å². The lowest BCUT2D eigenvalue weighted by Crippen LogP contribution is -2.18. The zero-order chi connectivity index (χ0) is 14.4. The van der Waals surface area contributed by atoms with Gasteiger partial charge in [0, 0.05) is 11.5 Å². The van der Waals surface area contributed by atoms with Crippen LogP contribution in [0.4, 0.5) is 0 Å². The van der Waals surface area contributed by atoms with Crippen LogP contribution < -0.4 is 0 Å². The van der Waals surface area contributed by atoms with E-state index in [2.05, 4.69) is 36.2 Å². The minimum absolute atomic E-state index is 0.145. The Morgan fingerprint density at radius 1 is 1.10 bits per heavy atom. The summed E-state index contributed by atoms with van der Waals surface area (Å²) in [5.41, 5.74) is 2.56. The van der Waals surface area contributed by atoms with Gasteiger partial charge >= 0.3 is 5.97 Å². The molecule has 2 aromatic rings. The van der Waals surface area contributed by atoms with Gasteiger partial charge in [-0.3, -0.25) is 0 Å². The van der Waals surface area contributed by atoms with Crippen LogP contribution in [0, 0.1) is 6.92 Å². The normalized spacial score (nSPS) is 26.6. The van der Waals surface area contributed by atoms with Gasteiger partial charge in [0.2, 0.25) is 5.90 Å². The average Bonchev–Trinajstić information content (AvgIpc) is 3.14. The molecule has 104 valence electrons. The number of rotatable bonds is 2. The predicted octanol–water partition coefficient (Wildman–Crippen LogP) is 3.22. The SMILES string of the molecule is Cc1ccc([C@H]2C[C@@]23N=C(c2ccccc2)OC3=O)cc1. The Morgan fingerprint density at radius 2 is 1.81 bits per heavy atom. The quantitative estimate of drug-likeness (QED) is 0.790. The second-order valence-corrected chi connectivity index (χ2v) is 5.76. The molecule has 3 heteroatoms. The molecule has 1 saturated carbocycles. The number of hydrogen-bond acceptors (Lipinski definition) is 3. The molecule has 0 unspecified atom stereocenters. The summed E-state index contributed by atoms with van der Waals surface area (Å²) in [7, 11) is 0. The summed E-state index contributed by atoms with van der Waals surface area (Å²) >= 11 is 0. The first-order chi connectivity index (χ1) is 10.2. The fourth-order valence-corrected chi connectivity index (χ4v) is 2.92. The highest BCUT2D eigenvalue weighted by atomic mass is 16.6. The van der Waals surface area contributed by atoms with E-state index >= 15 is 0 Å². The van der Waals surface area contributed by atoms with Gasteiger partial charge in [-0.2, -0.15) is 0 Å². The van der Waals surface area contributed by atoms with Gasteiger partial charge in [-0.05, 0) is 31.0 Å². The van der Waals surface area contributed by atoms with Crippen LogP contribution in [-0.4, -0.2) is 17.4 Å². The minimum Gasteiger partial charge on any atom is -0.405 e. The lowest BCUT2D eigenvalue weighted by atomic mass is 10.1. The molecular formula is C18H15NO2. The summed E-state index contributed by atoms with van der Waals surface area (Å²) in [5, 5.41) is 0. The first-order valence-electron chi connectivity index (χ1n) is 7.13. The number of ether oxygens (including phenoxy) is 1. The molecule has 0 amide bonds. The van der Waals surface area contributed by atoms with Crippen molar-refractivity contribution in [2.75, 3.05) is 0 Å². The molecular weight excluding hydrogens is 262 g/mol. The molecule has 1 fully saturated rings. The topological polar surface area (TPSA) is 38.7 Å². The number of esters is 1. The van der Waals surface area contributed by atoms with E-state index in [4.69, 9.17) is 4.74 Å². The molecule has 3 nitrogen and oxygen atoms in total. The minimum atomic E-state index is -0.680. The van der Waals surface area contributed by atoms with Crippen LogP contribution >= 0.6 is 0 Å². The molecule has 4 rings (SSSR count). The maximum Gasteiger partial charge on any atom is 0.341 e. The Labute approximate surface area is 123 Å². The van der Waals surface area contributed by atoms with E-state index in [0.29, 0.717) is 5.90 Å². The smallest absolute Gasteiger partial charge is 0.341 e. The summed E-state index contributed by atoms with van der Waals surface area (Å²) in [6, 6.07) is 17.9. The largest absolute Gasteiger partial charge is 0.405 e. The third-order valence-electron chi connectivity index (χ3n) is 4.28. The molecule has 1 spiro atoms. The van der Waals surface area contributed by atoms with E-state index in [-0.39, 0.29) is 11.9 Å². The number of nitrogens with zero attached hydrogens (tertiary/aromatic N) is 1. The van der Waals surface area contributed by atoms with Crippen LogP contribution in [-0.2, 0) is 9.53 Å². The maximum atomic E-state index is 12.3. The van der Waals surface area contributed by atoms with Crippen molar-refractivity contribution in [2.24, 2.45) is 4.99 Å². The van der Waals surface area contributed by atoms with Crippen LogP contribution in [0.5, 0.6) is 0 Å². The van der Waals surface area contributed by atoms with Crippen molar-refractivity contribution in [1.82, 2.24) is 0 Å². The van der Waals surface area contributed by atoms with Crippen LogP contribution in [0.15, 0.2) is 59.6 Å². The third kappa shape index (κ3) is 1.88. The van der Waals surface area contributed by atoms with Gasteiger partial charge in [-0.1, -0.05) is 48.0 Å². The molecule has 0 radical (unpaired) electrons. The highest BCUT2D eigenvalue weighted by Gasteiger charge is 2.65. The Morgan fingerprint density at radius 3 is 2.52 bits per heavy atom. The molecule has 21 heavy (non-hydrogen) atoms. The summed E-state index contributed by atoms with van der Waals surface area (Å²) in [5.74, 6) is 0.383. The number of carbonyl (C=O) groups is 1. The number of hydrogen-bond donors (Lipinski definition) is 0. The van der Waals surface area contributed by atoms with Gasteiger partial charge in [0.25, 0.3) is 0 Å². The van der Waals surface area contributed by atoms with Crippen molar-refractivity contribution in [3.63, 3.8) is 0 Å². The molecule has 2 atom stereocenters.